The first-order valence-electron chi connectivity index (χ1n) is 14.3. The van der Waals surface area contributed by atoms with Crippen LogP contribution in [0, 0.1) is 0 Å². The minimum absolute atomic E-state index is 0.0316. The number of allylic oxidation sites excluding steroid dienone is 3. The topological polar surface area (TPSA) is 240 Å². The highest BCUT2D eigenvalue weighted by Gasteiger charge is 2.48. The van der Waals surface area contributed by atoms with E-state index in [1.54, 1.807) is 6.08 Å². The number of rotatable bonds is 17. The standard InChI is InChI=1S/C30H43N3O12/c1-17(5-4-6-18(2)11-13-34)7-8-19(3)33-43-14-12-32-27(38)21-15-20(16-42-30(31)41)9-10-22(21)44-29-25(37)23(35)24(36)26(45-29)28(39)40/h5,9-11,15,23-26,29,34-37H,4,6-8,12-14,16H2,1-3H3,(H2,31,41)(H,32,38)(H,39,40)/b17-5+,18-11+,33-19+/t23-,24-,25+,26-,29+/m0/s1. The summed E-state index contributed by atoms with van der Waals surface area (Å²) in [4.78, 5) is 40.9. The van der Waals surface area contributed by atoms with Crippen LogP contribution < -0.4 is 15.8 Å². The average Bonchev–Trinajstić information content (AvgIpc) is 2.99. The molecule has 1 aliphatic rings. The Kier molecular flexibility index (Phi) is 15.5. The smallest absolute Gasteiger partial charge is 0.404 e. The van der Waals surface area contributed by atoms with Crippen molar-refractivity contribution in [1.29, 1.82) is 0 Å². The zero-order valence-corrected chi connectivity index (χ0v) is 25.5. The van der Waals surface area contributed by atoms with Gasteiger partial charge in [0.1, 0.15) is 37.3 Å². The molecule has 15 heteroatoms. The van der Waals surface area contributed by atoms with Crippen molar-refractivity contribution in [3.63, 3.8) is 0 Å². The number of primary amides is 1. The average molecular weight is 638 g/mol. The van der Waals surface area contributed by atoms with E-state index in [9.17, 15) is 34.8 Å². The van der Waals surface area contributed by atoms with Gasteiger partial charge in [0.15, 0.2) is 6.10 Å². The van der Waals surface area contributed by atoms with Crippen molar-refractivity contribution in [1.82, 2.24) is 5.32 Å². The van der Waals surface area contributed by atoms with Crippen LogP contribution in [0.5, 0.6) is 5.75 Å². The van der Waals surface area contributed by atoms with Crippen molar-refractivity contribution < 1.29 is 59.0 Å². The summed E-state index contributed by atoms with van der Waals surface area (Å²) in [5.74, 6) is -2.42. The third kappa shape index (κ3) is 12.5. The number of aliphatic hydroxyl groups excluding tert-OH is 4. The Hall–Kier alpha value is -4.02. The lowest BCUT2D eigenvalue weighted by molar-refractivity contribution is -0.271. The Bertz CT molecular complexity index is 1250. The van der Waals surface area contributed by atoms with Gasteiger partial charge in [-0.15, -0.1) is 0 Å². The van der Waals surface area contributed by atoms with E-state index in [2.05, 4.69) is 16.5 Å². The van der Waals surface area contributed by atoms with Gasteiger partial charge < -0.3 is 55.6 Å². The molecule has 2 rings (SSSR count). The summed E-state index contributed by atoms with van der Waals surface area (Å²) in [6.07, 6.45) is -3.17. The van der Waals surface area contributed by atoms with Gasteiger partial charge in [-0.25, -0.2) is 9.59 Å². The molecule has 0 unspecified atom stereocenters. The molecule has 0 aromatic heterocycles. The summed E-state index contributed by atoms with van der Waals surface area (Å²) in [5.41, 5.74) is 8.39. The lowest BCUT2D eigenvalue weighted by Crippen LogP contribution is -2.61. The lowest BCUT2D eigenvalue weighted by Gasteiger charge is -2.38. The first-order valence-corrected chi connectivity index (χ1v) is 14.3. The van der Waals surface area contributed by atoms with E-state index in [-0.39, 0.29) is 37.7 Å². The van der Waals surface area contributed by atoms with Gasteiger partial charge >= 0.3 is 12.1 Å². The first kappa shape index (κ1) is 37.2. The molecule has 1 saturated heterocycles. The summed E-state index contributed by atoms with van der Waals surface area (Å²) >= 11 is 0. The van der Waals surface area contributed by atoms with Crippen LogP contribution in [-0.2, 0) is 25.7 Å². The summed E-state index contributed by atoms with van der Waals surface area (Å²) in [6, 6.07) is 4.05. The highest BCUT2D eigenvalue weighted by atomic mass is 16.7. The van der Waals surface area contributed by atoms with E-state index in [1.165, 1.54) is 23.8 Å². The molecule has 0 radical (unpaired) electrons. The van der Waals surface area contributed by atoms with Crippen LogP contribution in [0.25, 0.3) is 0 Å². The van der Waals surface area contributed by atoms with Crippen LogP contribution in [-0.4, -0.2) is 99.7 Å². The van der Waals surface area contributed by atoms with E-state index < -0.39 is 48.7 Å². The number of oxime groups is 1. The maximum atomic E-state index is 13.1. The van der Waals surface area contributed by atoms with Crippen LogP contribution in [0.4, 0.5) is 4.79 Å². The number of hydrogen-bond donors (Lipinski definition) is 7. The van der Waals surface area contributed by atoms with Gasteiger partial charge in [0.25, 0.3) is 5.91 Å². The Morgan fingerprint density at radius 1 is 1.02 bits per heavy atom. The maximum Gasteiger partial charge on any atom is 0.404 e. The molecule has 0 saturated carbocycles. The predicted octanol–water partition coefficient (Wildman–Crippen LogP) is 1.12. The van der Waals surface area contributed by atoms with Crippen molar-refractivity contribution in [2.45, 2.75) is 83.8 Å². The fourth-order valence-electron chi connectivity index (χ4n) is 4.17. The van der Waals surface area contributed by atoms with E-state index in [0.717, 1.165) is 30.5 Å². The number of carbonyl (C=O) groups excluding carboxylic acids is 2. The number of carbonyl (C=O) groups is 3. The van der Waals surface area contributed by atoms with Gasteiger partial charge in [-0.05, 0) is 64.2 Å². The van der Waals surface area contributed by atoms with Gasteiger partial charge in [-0.1, -0.05) is 34.5 Å². The summed E-state index contributed by atoms with van der Waals surface area (Å²) in [7, 11) is 0. The second-order valence-electron chi connectivity index (χ2n) is 10.5. The van der Waals surface area contributed by atoms with E-state index in [0.29, 0.717) is 12.0 Å². The fraction of sp³-hybridized carbons (Fsp3) is 0.533. The van der Waals surface area contributed by atoms with Crippen LogP contribution >= 0.6 is 0 Å². The van der Waals surface area contributed by atoms with Gasteiger partial charge in [-0.2, -0.15) is 0 Å². The predicted molar refractivity (Wildman–Crippen MR) is 160 cm³/mol. The van der Waals surface area contributed by atoms with Crippen molar-refractivity contribution in [2.75, 3.05) is 19.8 Å². The molecule has 15 nitrogen and oxygen atoms in total. The van der Waals surface area contributed by atoms with E-state index >= 15 is 0 Å². The minimum atomic E-state index is -1.92. The second-order valence-corrected chi connectivity index (χ2v) is 10.5. The summed E-state index contributed by atoms with van der Waals surface area (Å²) in [6.45, 7) is 5.69. The molecular weight excluding hydrogens is 594 g/mol. The molecular formula is C30H43N3O12. The highest BCUT2D eigenvalue weighted by Crippen LogP contribution is 2.28. The minimum Gasteiger partial charge on any atom is -0.479 e. The molecule has 0 bridgehead atoms. The van der Waals surface area contributed by atoms with Crippen molar-refractivity contribution in [3.05, 3.63) is 52.6 Å². The first-order chi connectivity index (χ1) is 21.3. The molecule has 2 amide bonds. The Labute approximate surface area is 260 Å². The highest BCUT2D eigenvalue weighted by molar-refractivity contribution is 5.97. The molecule has 1 aliphatic heterocycles. The molecule has 1 heterocycles. The van der Waals surface area contributed by atoms with Crippen LogP contribution in [0.15, 0.2) is 46.7 Å². The Balaban J connectivity index is 1.99. The SMILES string of the molecule is C/C(=C\CO)CC/C=C(\C)CC/C(C)=N/OCCNC(=O)c1cc(COC(N)=O)ccc1O[C@@H]1O[C@H](C(=O)O)[C@@H](O)[C@H](O)[C@H]1O. The normalized spacial score (nSPS) is 22.5. The molecule has 0 aliphatic carbocycles. The van der Waals surface area contributed by atoms with Crippen molar-refractivity contribution >= 4 is 23.7 Å². The van der Waals surface area contributed by atoms with Crippen molar-refractivity contribution in [3.8, 4) is 5.75 Å². The second kappa shape index (κ2) is 18.7. The molecule has 45 heavy (non-hydrogen) atoms. The molecule has 1 aromatic rings. The van der Waals surface area contributed by atoms with Crippen molar-refractivity contribution in [2.24, 2.45) is 10.9 Å². The summed E-state index contributed by atoms with van der Waals surface area (Å²) in [5, 5.41) is 55.3. The summed E-state index contributed by atoms with van der Waals surface area (Å²) < 4.78 is 15.5. The molecule has 1 aromatic carbocycles. The number of aliphatic carboxylic acids is 1. The zero-order valence-electron chi connectivity index (χ0n) is 25.5. The molecule has 0 spiro atoms. The fourth-order valence-corrected chi connectivity index (χ4v) is 4.17. The maximum absolute atomic E-state index is 13.1. The quantitative estimate of drug-likeness (QED) is 0.0550. The number of nitrogens with zero attached hydrogens (tertiary/aromatic N) is 1. The Morgan fingerprint density at radius 3 is 2.40 bits per heavy atom. The van der Waals surface area contributed by atoms with Crippen LogP contribution in [0.3, 0.4) is 0 Å². The number of benzene rings is 1. The van der Waals surface area contributed by atoms with Gasteiger partial charge in [0.05, 0.1) is 24.4 Å². The lowest BCUT2D eigenvalue weighted by atomic mass is 9.99. The van der Waals surface area contributed by atoms with Gasteiger partial charge in [0, 0.05) is 0 Å². The molecule has 1 fully saturated rings. The van der Waals surface area contributed by atoms with Crippen LogP contribution in [0.2, 0.25) is 0 Å². The number of carboxylic acid groups (broad SMARTS) is 1. The molecule has 5 atom stereocenters. The molecule has 250 valence electrons. The number of aliphatic hydroxyl groups is 4. The monoisotopic (exact) mass is 637 g/mol. The number of ether oxygens (including phenoxy) is 3. The zero-order chi connectivity index (χ0) is 33.5. The largest absolute Gasteiger partial charge is 0.479 e. The van der Waals surface area contributed by atoms with Crippen LogP contribution in [0.1, 0.15) is 62.4 Å². The number of hydrogen-bond acceptors (Lipinski definition) is 12. The van der Waals surface area contributed by atoms with Gasteiger partial charge in [0.2, 0.25) is 6.29 Å². The third-order valence-electron chi connectivity index (χ3n) is 6.78. The number of carboxylic acids is 1. The third-order valence-corrected chi connectivity index (χ3v) is 6.78. The number of nitrogens with two attached hydrogens (primary N) is 1. The molecule has 8 N–H and O–H groups in total. The number of amides is 2. The van der Waals surface area contributed by atoms with Gasteiger partial charge in [-0.3, -0.25) is 4.79 Å². The number of nitrogens with one attached hydrogen (secondary N) is 1. The van der Waals surface area contributed by atoms with E-state index in [4.69, 9.17) is 29.9 Å². The Morgan fingerprint density at radius 2 is 1.73 bits per heavy atom. The van der Waals surface area contributed by atoms with E-state index in [1.807, 2.05) is 20.8 Å².